The van der Waals surface area contributed by atoms with Gasteiger partial charge in [-0.2, -0.15) is 0 Å². The summed E-state index contributed by atoms with van der Waals surface area (Å²) < 4.78 is 22.1. The Morgan fingerprint density at radius 1 is 1.09 bits per heavy atom. The lowest BCUT2D eigenvalue weighted by molar-refractivity contribution is -0.137. The highest BCUT2D eigenvalue weighted by Crippen LogP contribution is 2.29. The number of ether oxygens (including phenoxy) is 3. The number of carbonyl (C=O) groups is 2. The van der Waals surface area contributed by atoms with Gasteiger partial charge < -0.3 is 28.8 Å². The molecule has 0 radical (unpaired) electrons. The molecule has 2 aromatic carbocycles. The Hall–Kier alpha value is -3.52. The number of furan rings is 1. The van der Waals surface area contributed by atoms with E-state index in [4.69, 9.17) is 18.6 Å². The summed E-state index contributed by atoms with van der Waals surface area (Å²) >= 11 is 0. The topological polar surface area (TPSA) is 90.2 Å². The molecule has 1 aliphatic rings. The van der Waals surface area contributed by atoms with E-state index in [-0.39, 0.29) is 24.5 Å². The molecule has 4 rings (SSSR count). The number of hydrogen-bond acceptors (Lipinski definition) is 6. The van der Waals surface area contributed by atoms with Crippen molar-refractivity contribution < 1.29 is 28.2 Å². The third-order valence-electron chi connectivity index (χ3n) is 5.36. The van der Waals surface area contributed by atoms with Crippen LogP contribution in [0, 0.1) is 0 Å². The van der Waals surface area contributed by atoms with Gasteiger partial charge in [0.15, 0.2) is 18.1 Å². The third kappa shape index (κ3) is 4.86. The standard InChI is InChI=1S/C24H26N2O6/c1-16(21-13-17-5-3-4-6-19(17)32-21)25-24(28)18-7-8-20(22(14-18)29-2)31-15-23(27)26-9-11-30-12-10-26/h3-8,13-14,16H,9-12,15H2,1-2H3,(H,25,28)/t16-/m1/s1. The first-order valence-electron chi connectivity index (χ1n) is 10.5. The molecule has 0 aliphatic carbocycles. The van der Waals surface area contributed by atoms with Crippen LogP contribution in [0.4, 0.5) is 0 Å². The minimum absolute atomic E-state index is 0.106. The fraction of sp³-hybridized carbons (Fsp3) is 0.333. The second kappa shape index (κ2) is 9.74. The Labute approximate surface area is 186 Å². The number of carbonyl (C=O) groups excluding carboxylic acids is 2. The molecule has 2 amide bonds. The SMILES string of the molecule is COc1cc(C(=O)N[C@H](C)c2cc3ccccc3o2)ccc1OCC(=O)N1CCOCC1. The van der Waals surface area contributed by atoms with E-state index in [1.165, 1.54) is 7.11 Å². The lowest BCUT2D eigenvalue weighted by Gasteiger charge is -2.26. The zero-order chi connectivity index (χ0) is 22.5. The molecule has 0 saturated carbocycles. The van der Waals surface area contributed by atoms with E-state index in [0.29, 0.717) is 49.1 Å². The Morgan fingerprint density at radius 3 is 2.62 bits per heavy atom. The molecule has 1 aliphatic heterocycles. The van der Waals surface area contributed by atoms with Crippen LogP contribution >= 0.6 is 0 Å². The molecule has 1 atom stereocenters. The maximum absolute atomic E-state index is 12.8. The average molecular weight is 438 g/mol. The highest BCUT2D eigenvalue weighted by atomic mass is 16.5. The first-order chi connectivity index (χ1) is 15.5. The van der Waals surface area contributed by atoms with Crippen molar-refractivity contribution in [2.75, 3.05) is 40.0 Å². The summed E-state index contributed by atoms with van der Waals surface area (Å²) in [6.45, 7) is 3.94. The number of benzene rings is 2. The summed E-state index contributed by atoms with van der Waals surface area (Å²) in [7, 11) is 1.49. The average Bonchev–Trinajstić information content (AvgIpc) is 3.27. The molecule has 3 aromatic rings. The van der Waals surface area contributed by atoms with Crippen molar-refractivity contribution in [3.05, 3.63) is 59.9 Å². The lowest BCUT2D eigenvalue weighted by Crippen LogP contribution is -2.43. The molecule has 1 N–H and O–H groups in total. The maximum Gasteiger partial charge on any atom is 0.260 e. The first kappa shape index (κ1) is 21.7. The van der Waals surface area contributed by atoms with Gasteiger partial charge in [0, 0.05) is 24.0 Å². The number of hydrogen-bond donors (Lipinski definition) is 1. The number of para-hydroxylation sites is 1. The fourth-order valence-electron chi connectivity index (χ4n) is 3.54. The fourth-order valence-corrected chi connectivity index (χ4v) is 3.54. The Bertz CT molecular complexity index is 1070. The van der Waals surface area contributed by atoms with E-state index in [0.717, 1.165) is 11.0 Å². The van der Waals surface area contributed by atoms with E-state index in [9.17, 15) is 9.59 Å². The van der Waals surface area contributed by atoms with Crippen LogP contribution in [0.2, 0.25) is 0 Å². The largest absolute Gasteiger partial charge is 0.493 e. The number of fused-ring (bicyclic) bond motifs is 1. The second-order valence-corrected chi connectivity index (χ2v) is 7.53. The Balaban J connectivity index is 1.39. The van der Waals surface area contributed by atoms with Gasteiger partial charge in [0.1, 0.15) is 11.3 Å². The minimum atomic E-state index is -0.317. The Kier molecular flexibility index (Phi) is 6.61. The molecule has 168 valence electrons. The number of morpholine rings is 1. The van der Waals surface area contributed by atoms with E-state index in [2.05, 4.69) is 5.32 Å². The number of rotatable bonds is 7. The molecule has 1 saturated heterocycles. The van der Waals surface area contributed by atoms with Crippen LogP contribution in [-0.4, -0.2) is 56.7 Å². The van der Waals surface area contributed by atoms with Gasteiger partial charge >= 0.3 is 0 Å². The zero-order valence-electron chi connectivity index (χ0n) is 18.1. The molecular formula is C24H26N2O6. The third-order valence-corrected chi connectivity index (χ3v) is 5.36. The first-order valence-corrected chi connectivity index (χ1v) is 10.5. The predicted molar refractivity (Wildman–Crippen MR) is 118 cm³/mol. The van der Waals surface area contributed by atoms with Gasteiger partial charge in [-0.25, -0.2) is 0 Å². The second-order valence-electron chi connectivity index (χ2n) is 7.53. The van der Waals surface area contributed by atoms with Crippen molar-refractivity contribution in [3.8, 4) is 11.5 Å². The van der Waals surface area contributed by atoms with Gasteiger partial charge in [0.2, 0.25) is 0 Å². The summed E-state index contributed by atoms with van der Waals surface area (Å²) in [5.74, 6) is 1.07. The van der Waals surface area contributed by atoms with E-state index in [1.54, 1.807) is 23.1 Å². The van der Waals surface area contributed by atoms with Crippen molar-refractivity contribution in [1.29, 1.82) is 0 Å². The Morgan fingerprint density at radius 2 is 1.88 bits per heavy atom. The van der Waals surface area contributed by atoms with Gasteiger partial charge in [-0.1, -0.05) is 18.2 Å². The molecule has 8 heteroatoms. The molecule has 2 heterocycles. The van der Waals surface area contributed by atoms with Crippen LogP contribution in [0.3, 0.4) is 0 Å². The van der Waals surface area contributed by atoms with E-state index >= 15 is 0 Å². The van der Waals surface area contributed by atoms with Gasteiger partial charge in [0.25, 0.3) is 11.8 Å². The molecule has 1 aromatic heterocycles. The smallest absolute Gasteiger partial charge is 0.260 e. The summed E-state index contributed by atoms with van der Waals surface area (Å²) in [4.78, 5) is 26.8. The van der Waals surface area contributed by atoms with Crippen molar-refractivity contribution in [2.45, 2.75) is 13.0 Å². The zero-order valence-corrected chi connectivity index (χ0v) is 18.1. The molecule has 32 heavy (non-hydrogen) atoms. The minimum Gasteiger partial charge on any atom is -0.493 e. The normalized spacial score (nSPS) is 14.8. The summed E-state index contributed by atoms with van der Waals surface area (Å²) in [6.07, 6.45) is 0. The molecular weight excluding hydrogens is 412 g/mol. The number of nitrogens with zero attached hydrogens (tertiary/aromatic N) is 1. The number of amides is 2. The van der Waals surface area contributed by atoms with Crippen LogP contribution in [0.1, 0.15) is 29.1 Å². The monoisotopic (exact) mass is 438 g/mol. The molecule has 8 nitrogen and oxygen atoms in total. The van der Waals surface area contributed by atoms with Crippen molar-refractivity contribution in [1.82, 2.24) is 10.2 Å². The van der Waals surface area contributed by atoms with E-state index < -0.39 is 0 Å². The predicted octanol–water partition coefficient (Wildman–Crippen LogP) is 3.17. The summed E-state index contributed by atoms with van der Waals surface area (Å²) in [6, 6.07) is 14.2. The van der Waals surface area contributed by atoms with Crippen LogP contribution in [0.25, 0.3) is 11.0 Å². The van der Waals surface area contributed by atoms with Crippen LogP contribution in [0.5, 0.6) is 11.5 Å². The van der Waals surface area contributed by atoms with Crippen LogP contribution < -0.4 is 14.8 Å². The quantitative estimate of drug-likeness (QED) is 0.609. The van der Waals surface area contributed by atoms with Gasteiger partial charge in [-0.3, -0.25) is 9.59 Å². The van der Waals surface area contributed by atoms with Crippen molar-refractivity contribution in [2.24, 2.45) is 0 Å². The number of nitrogens with one attached hydrogen (secondary N) is 1. The highest BCUT2D eigenvalue weighted by Gasteiger charge is 2.20. The summed E-state index contributed by atoms with van der Waals surface area (Å²) in [5.41, 5.74) is 1.19. The van der Waals surface area contributed by atoms with Gasteiger partial charge in [-0.15, -0.1) is 0 Å². The highest BCUT2D eigenvalue weighted by molar-refractivity contribution is 5.95. The van der Waals surface area contributed by atoms with Crippen molar-refractivity contribution in [3.63, 3.8) is 0 Å². The maximum atomic E-state index is 12.8. The van der Waals surface area contributed by atoms with Gasteiger partial charge in [-0.05, 0) is 37.3 Å². The molecule has 0 unspecified atom stereocenters. The lowest BCUT2D eigenvalue weighted by atomic mass is 10.1. The van der Waals surface area contributed by atoms with Gasteiger partial charge in [0.05, 0.1) is 26.4 Å². The van der Waals surface area contributed by atoms with Crippen LogP contribution in [-0.2, 0) is 9.53 Å². The molecule has 0 spiro atoms. The molecule has 0 bridgehead atoms. The van der Waals surface area contributed by atoms with Crippen LogP contribution in [0.15, 0.2) is 52.9 Å². The number of methoxy groups -OCH3 is 1. The summed E-state index contributed by atoms with van der Waals surface area (Å²) in [5, 5.41) is 3.92. The van der Waals surface area contributed by atoms with Crippen molar-refractivity contribution >= 4 is 22.8 Å². The molecule has 1 fully saturated rings. The van der Waals surface area contributed by atoms with E-state index in [1.807, 2.05) is 37.3 Å².